The van der Waals surface area contributed by atoms with Crippen molar-refractivity contribution in [2.75, 3.05) is 19.6 Å². The molecule has 3 saturated heterocycles. The van der Waals surface area contributed by atoms with Gasteiger partial charge in [-0.2, -0.15) is 5.10 Å². The fourth-order valence-electron chi connectivity index (χ4n) is 4.60. The first kappa shape index (κ1) is 18.2. The average Bonchev–Trinajstić information content (AvgIpc) is 3.11. The lowest BCUT2D eigenvalue weighted by Gasteiger charge is -2.36. The predicted octanol–water partition coefficient (Wildman–Crippen LogP) is 2.70. The molecule has 7 nitrogen and oxygen atoms in total. The Morgan fingerprint density at radius 3 is 2.89 bits per heavy atom. The fourth-order valence-corrected chi connectivity index (χ4v) is 4.60. The Bertz CT molecular complexity index is 792. The van der Waals surface area contributed by atoms with Gasteiger partial charge in [0, 0.05) is 43.5 Å². The summed E-state index contributed by atoms with van der Waals surface area (Å²) in [6.45, 7) is 9.73. The summed E-state index contributed by atoms with van der Waals surface area (Å²) in [6.07, 6.45) is 5.84. The van der Waals surface area contributed by atoms with Gasteiger partial charge in [0.2, 0.25) is 0 Å². The van der Waals surface area contributed by atoms with Crippen molar-refractivity contribution in [3.05, 3.63) is 34.5 Å². The highest BCUT2D eigenvalue weighted by Crippen LogP contribution is 2.31. The summed E-state index contributed by atoms with van der Waals surface area (Å²) in [5.41, 5.74) is 3.88. The fraction of sp³-hybridized carbons (Fsp3) is 0.650. The number of aromatic amines is 1. The monoisotopic (exact) mass is 371 g/mol. The van der Waals surface area contributed by atoms with Gasteiger partial charge in [-0.3, -0.25) is 14.8 Å². The minimum atomic E-state index is 0.140. The Labute approximate surface area is 160 Å². The lowest BCUT2D eigenvalue weighted by molar-refractivity contribution is 0.0583. The zero-order chi connectivity index (χ0) is 19.0. The zero-order valence-electron chi connectivity index (χ0n) is 16.5. The molecule has 2 aromatic heterocycles. The van der Waals surface area contributed by atoms with E-state index in [0.717, 1.165) is 68.2 Å². The van der Waals surface area contributed by atoms with Crippen molar-refractivity contribution in [1.29, 1.82) is 0 Å². The van der Waals surface area contributed by atoms with E-state index >= 15 is 0 Å². The molecule has 1 N–H and O–H groups in total. The third-order valence-corrected chi connectivity index (χ3v) is 6.06. The topological polar surface area (TPSA) is 78.3 Å². The van der Waals surface area contributed by atoms with Crippen LogP contribution < -0.4 is 0 Å². The third kappa shape index (κ3) is 3.52. The number of aryl methyl sites for hydroxylation is 3. The minimum Gasteiger partial charge on any atom is -0.361 e. The number of amides is 1. The maximum atomic E-state index is 13.3. The van der Waals surface area contributed by atoms with Crippen molar-refractivity contribution < 1.29 is 9.32 Å². The molecule has 7 heteroatoms. The van der Waals surface area contributed by atoms with Crippen LogP contribution in [0.4, 0.5) is 0 Å². The third-order valence-electron chi connectivity index (χ3n) is 6.06. The van der Waals surface area contributed by atoms with Gasteiger partial charge < -0.3 is 9.42 Å². The first-order valence-corrected chi connectivity index (χ1v) is 10.0. The molecule has 5 rings (SSSR count). The Hall–Kier alpha value is -2.15. The molecule has 146 valence electrons. The first-order chi connectivity index (χ1) is 13.1. The van der Waals surface area contributed by atoms with Crippen molar-refractivity contribution in [2.24, 2.45) is 5.92 Å². The highest BCUT2D eigenvalue weighted by molar-refractivity contribution is 5.95. The van der Waals surface area contributed by atoms with E-state index in [0.29, 0.717) is 5.92 Å². The second kappa shape index (κ2) is 7.46. The number of carbonyl (C=O) groups excluding carboxylic acids is 1. The van der Waals surface area contributed by atoms with Gasteiger partial charge in [0.05, 0.1) is 17.5 Å². The molecule has 2 bridgehead atoms. The number of hydrogen-bond donors (Lipinski definition) is 1. The molecule has 0 aromatic carbocycles. The summed E-state index contributed by atoms with van der Waals surface area (Å²) >= 11 is 0. The molecule has 2 aromatic rings. The molecule has 2 atom stereocenters. The normalized spacial score (nSPS) is 23.0. The maximum Gasteiger partial charge on any atom is 0.257 e. The Balaban J connectivity index is 1.51. The molecule has 1 amide bonds. The van der Waals surface area contributed by atoms with Gasteiger partial charge in [-0.15, -0.1) is 0 Å². The minimum absolute atomic E-state index is 0.140. The molecule has 0 aliphatic carbocycles. The van der Waals surface area contributed by atoms with Crippen LogP contribution >= 0.6 is 0 Å². The second-order valence-corrected chi connectivity index (χ2v) is 8.06. The number of piperidine rings is 1. The van der Waals surface area contributed by atoms with Crippen molar-refractivity contribution >= 4 is 5.91 Å². The summed E-state index contributed by atoms with van der Waals surface area (Å²) in [4.78, 5) is 17.8. The summed E-state index contributed by atoms with van der Waals surface area (Å²) in [5.74, 6) is 1.57. The van der Waals surface area contributed by atoms with Crippen LogP contribution in [0.15, 0.2) is 10.7 Å². The number of H-pyrrole nitrogens is 1. The molecule has 5 heterocycles. The SMILES string of the molecule is CCCc1[nH]ncc1C(=O)N1C[C@H]2CC[C@@H]1CN(Cc1c(C)noc1C)C2. The number of nitrogens with zero attached hydrogens (tertiary/aromatic N) is 4. The smallest absolute Gasteiger partial charge is 0.257 e. The van der Waals surface area contributed by atoms with Gasteiger partial charge in [-0.1, -0.05) is 18.5 Å². The van der Waals surface area contributed by atoms with Gasteiger partial charge in [-0.05, 0) is 39.0 Å². The van der Waals surface area contributed by atoms with Crippen LogP contribution in [0.3, 0.4) is 0 Å². The van der Waals surface area contributed by atoms with E-state index in [1.54, 1.807) is 6.20 Å². The van der Waals surface area contributed by atoms with Crippen LogP contribution in [-0.2, 0) is 13.0 Å². The average molecular weight is 371 g/mol. The van der Waals surface area contributed by atoms with Crippen molar-refractivity contribution in [3.63, 3.8) is 0 Å². The molecular weight excluding hydrogens is 342 g/mol. The number of fused-ring (bicyclic) bond motifs is 4. The largest absolute Gasteiger partial charge is 0.361 e. The van der Waals surface area contributed by atoms with Crippen LogP contribution in [0.5, 0.6) is 0 Å². The lowest BCUT2D eigenvalue weighted by Crippen LogP contribution is -2.47. The second-order valence-electron chi connectivity index (χ2n) is 8.06. The maximum absolute atomic E-state index is 13.3. The summed E-state index contributed by atoms with van der Waals surface area (Å²) in [7, 11) is 0. The van der Waals surface area contributed by atoms with Crippen LogP contribution in [0.2, 0.25) is 0 Å². The van der Waals surface area contributed by atoms with Crippen LogP contribution in [0, 0.1) is 19.8 Å². The van der Waals surface area contributed by atoms with E-state index < -0.39 is 0 Å². The summed E-state index contributed by atoms with van der Waals surface area (Å²) in [5, 5.41) is 11.2. The van der Waals surface area contributed by atoms with E-state index in [4.69, 9.17) is 4.52 Å². The van der Waals surface area contributed by atoms with E-state index in [2.05, 4.69) is 32.1 Å². The van der Waals surface area contributed by atoms with Crippen LogP contribution in [0.25, 0.3) is 0 Å². The molecule has 0 saturated carbocycles. The molecule has 27 heavy (non-hydrogen) atoms. The predicted molar refractivity (Wildman–Crippen MR) is 101 cm³/mol. The van der Waals surface area contributed by atoms with Crippen molar-refractivity contribution in [3.8, 4) is 0 Å². The van der Waals surface area contributed by atoms with Crippen LogP contribution in [0.1, 0.15) is 59.3 Å². The quantitative estimate of drug-likeness (QED) is 0.874. The molecule has 0 spiro atoms. The van der Waals surface area contributed by atoms with E-state index in [1.807, 2.05) is 13.8 Å². The molecule has 0 radical (unpaired) electrons. The lowest BCUT2D eigenvalue weighted by atomic mass is 9.94. The number of nitrogens with one attached hydrogen (secondary N) is 1. The highest BCUT2D eigenvalue weighted by Gasteiger charge is 2.38. The van der Waals surface area contributed by atoms with Gasteiger partial charge in [-0.25, -0.2) is 0 Å². The number of carbonyl (C=O) groups is 1. The molecular formula is C20H29N5O2. The highest BCUT2D eigenvalue weighted by atomic mass is 16.5. The molecule has 3 fully saturated rings. The number of aromatic nitrogens is 3. The summed E-state index contributed by atoms with van der Waals surface area (Å²) in [6, 6.07) is 0.265. The zero-order valence-corrected chi connectivity index (χ0v) is 16.5. The Morgan fingerprint density at radius 2 is 2.15 bits per heavy atom. The molecule has 0 unspecified atom stereocenters. The van der Waals surface area contributed by atoms with E-state index in [-0.39, 0.29) is 11.9 Å². The standard InChI is InChI=1S/C20H29N5O2/c1-4-5-19-17(8-21-22-19)20(26)25-10-15-6-7-16(25)11-24(9-15)12-18-13(2)23-27-14(18)3/h8,15-16H,4-7,9-12H2,1-3H3,(H,21,22)/t15-,16+/m0/s1. The first-order valence-electron chi connectivity index (χ1n) is 10.0. The van der Waals surface area contributed by atoms with E-state index in [1.165, 1.54) is 12.0 Å². The summed E-state index contributed by atoms with van der Waals surface area (Å²) < 4.78 is 5.33. The van der Waals surface area contributed by atoms with Gasteiger partial charge >= 0.3 is 0 Å². The van der Waals surface area contributed by atoms with Crippen LogP contribution in [-0.4, -0.2) is 56.7 Å². The molecule has 3 aliphatic heterocycles. The number of rotatable bonds is 5. The van der Waals surface area contributed by atoms with Gasteiger partial charge in [0.25, 0.3) is 5.91 Å². The van der Waals surface area contributed by atoms with Gasteiger partial charge in [0.15, 0.2) is 0 Å². The van der Waals surface area contributed by atoms with Crippen molar-refractivity contribution in [1.82, 2.24) is 25.2 Å². The Kier molecular flexibility index (Phi) is 5.04. The van der Waals surface area contributed by atoms with Crippen molar-refractivity contribution in [2.45, 2.75) is 59.0 Å². The van der Waals surface area contributed by atoms with E-state index in [9.17, 15) is 4.79 Å². The van der Waals surface area contributed by atoms with Gasteiger partial charge in [0.1, 0.15) is 5.76 Å². The Morgan fingerprint density at radius 1 is 1.30 bits per heavy atom. The molecule has 3 aliphatic rings. The number of hydrogen-bond acceptors (Lipinski definition) is 5.